The summed E-state index contributed by atoms with van der Waals surface area (Å²) >= 11 is 0. The van der Waals surface area contributed by atoms with Gasteiger partial charge in [-0.05, 0) is 46.7 Å². The molecule has 2 fully saturated rings. The van der Waals surface area contributed by atoms with Gasteiger partial charge in [0.05, 0.1) is 5.41 Å². The summed E-state index contributed by atoms with van der Waals surface area (Å²) in [6, 6.07) is 0.491. The lowest BCUT2D eigenvalue weighted by atomic mass is 9.83. The zero-order valence-electron chi connectivity index (χ0n) is 13.4. The maximum atomic E-state index is 13.1. The van der Waals surface area contributed by atoms with Gasteiger partial charge in [-0.25, -0.2) is 0 Å². The average Bonchev–Trinajstić information content (AvgIpc) is 3.01. The quantitative estimate of drug-likeness (QED) is 0.836. The van der Waals surface area contributed by atoms with E-state index in [1.807, 2.05) is 0 Å². The fourth-order valence-electron chi connectivity index (χ4n) is 3.76. The van der Waals surface area contributed by atoms with Gasteiger partial charge in [-0.1, -0.05) is 19.3 Å². The first kappa shape index (κ1) is 15.8. The molecule has 116 valence electrons. The summed E-state index contributed by atoms with van der Waals surface area (Å²) < 4.78 is 0. The van der Waals surface area contributed by atoms with Crippen molar-refractivity contribution >= 4 is 5.91 Å². The van der Waals surface area contributed by atoms with Gasteiger partial charge in [-0.2, -0.15) is 0 Å². The van der Waals surface area contributed by atoms with E-state index in [-0.39, 0.29) is 11.5 Å². The smallest absolute Gasteiger partial charge is 0.230 e. The number of nitrogens with zero attached hydrogens (tertiary/aromatic N) is 2. The van der Waals surface area contributed by atoms with E-state index in [4.69, 9.17) is 5.73 Å². The van der Waals surface area contributed by atoms with Crippen LogP contribution in [0.2, 0.25) is 0 Å². The van der Waals surface area contributed by atoms with Crippen LogP contribution in [0.3, 0.4) is 0 Å². The topological polar surface area (TPSA) is 49.6 Å². The van der Waals surface area contributed by atoms with E-state index in [1.165, 1.54) is 25.7 Å². The lowest BCUT2D eigenvalue weighted by Crippen LogP contribution is -2.53. The highest BCUT2D eigenvalue weighted by atomic mass is 16.2. The summed E-state index contributed by atoms with van der Waals surface area (Å²) in [7, 11) is 4.14. The molecule has 0 heterocycles. The van der Waals surface area contributed by atoms with Crippen molar-refractivity contribution in [3.8, 4) is 0 Å². The maximum Gasteiger partial charge on any atom is 0.230 e. The molecule has 0 aromatic rings. The largest absolute Gasteiger partial charge is 0.338 e. The molecule has 0 spiro atoms. The first-order valence-corrected chi connectivity index (χ1v) is 8.16. The molecule has 0 radical (unpaired) electrons. The molecular formula is C16H31N3O. The van der Waals surface area contributed by atoms with Crippen LogP contribution in [-0.2, 0) is 4.79 Å². The molecule has 0 saturated heterocycles. The number of likely N-dealkylation sites (N-methyl/N-ethyl adjacent to an activating group) is 1. The Morgan fingerprint density at radius 3 is 2.30 bits per heavy atom. The standard InChI is InChI=1S/C16H31N3O/c1-16(10-6-9-14(16)17)15(20)19(12-11-18(2)3)13-7-4-5-8-13/h13-14H,4-12,17H2,1-3H3. The van der Waals surface area contributed by atoms with Gasteiger partial charge in [0, 0.05) is 25.2 Å². The molecule has 4 nitrogen and oxygen atoms in total. The minimum Gasteiger partial charge on any atom is -0.338 e. The lowest BCUT2D eigenvalue weighted by Gasteiger charge is -2.38. The van der Waals surface area contributed by atoms with Crippen LogP contribution >= 0.6 is 0 Å². The van der Waals surface area contributed by atoms with E-state index in [9.17, 15) is 4.79 Å². The molecule has 1 amide bonds. The number of carbonyl (C=O) groups is 1. The summed E-state index contributed by atoms with van der Waals surface area (Å²) in [6.07, 6.45) is 7.91. The molecule has 0 bridgehead atoms. The zero-order valence-corrected chi connectivity index (χ0v) is 13.4. The predicted octanol–water partition coefficient (Wildman–Crippen LogP) is 1.84. The Kier molecular flexibility index (Phi) is 5.08. The molecule has 2 saturated carbocycles. The van der Waals surface area contributed by atoms with Gasteiger partial charge in [0.25, 0.3) is 0 Å². The van der Waals surface area contributed by atoms with E-state index in [1.54, 1.807) is 0 Å². The van der Waals surface area contributed by atoms with Crippen LogP contribution < -0.4 is 5.73 Å². The Morgan fingerprint density at radius 2 is 1.80 bits per heavy atom. The van der Waals surface area contributed by atoms with Crippen LogP contribution in [0.1, 0.15) is 51.9 Å². The van der Waals surface area contributed by atoms with Gasteiger partial charge < -0.3 is 15.5 Å². The van der Waals surface area contributed by atoms with Crippen molar-refractivity contribution in [2.24, 2.45) is 11.1 Å². The minimum atomic E-state index is -0.325. The first-order chi connectivity index (χ1) is 9.45. The Bertz CT molecular complexity index is 339. The van der Waals surface area contributed by atoms with Crippen molar-refractivity contribution < 1.29 is 4.79 Å². The minimum absolute atomic E-state index is 0.0401. The van der Waals surface area contributed by atoms with Crippen molar-refractivity contribution in [1.29, 1.82) is 0 Å². The summed E-state index contributed by atoms with van der Waals surface area (Å²) in [5.41, 5.74) is 5.92. The van der Waals surface area contributed by atoms with E-state index in [0.29, 0.717) is 11.9 Å². The Balaban J connectivity index is 2.10. The monoisotopic (exact) mass is 281 g/mol. The SMILES string of the molecule is CN(C)CCN(C(=O)C1(C)CCCC1N)C1CCCC1. The van der Waals surface area contributed by atoms with Crippen molar-refractivity contribution in [3.05, 3.63) is 0 Å². The van der Waals surface area contributed by atoms with Gasteiger partial charge in [0.2, 0.25) is 5.91 Å². The number of nitrogens with two attached hydrogens (primary N) is 1. The van der Waals surface area contributed by atoms with Crippen LogP contribution in [0, 0.1) is 5.41 Å². The van der Waals surface area contributed by atoms with E-state index < -0.39 is 0 Å². The molecule has 2 unspecified atom stereocenters. The second-order valence-corrected chi connectivity index (χ2v) is 7.16. The number of hydrogen-bond acceptors (Lipinski definition) is 3. The molecule has 2 rings (SSSR count). The number of rotatable bonds is 5. The molecule has 2 N–H and O–H groups in total. The highest BCUT2D eigenvalue weighted by molar-refractivity contribution is 5.84. The van der Waals surface area contributed by atoms with Crippen molar-refractivity contribution in [2.75, 3.05) is 27.2 Å². The summed E-state index contributed by atoms with van der Waals surface area (Å²) in [6.45, 7) is 3.87. The second-order valence-electron chi connectivity index (χ2n) is 7.16. The zero-order chi connectivity index (χ0) is 14.8. The Hall–Kier alpha value is -0.610. The van der Waals surface area contributed by atoms with Gasteiger partial charge in [-0.15, -0.1) is 0 Å². The fourth-order valence-corrected chi connectivity index (χ4v) is 3.76. The van der Waals surface area contributed by atoms with Crippen molar-refractivity contribution in [1.82, 2.24) is 9.80 Å². The number of hydrogen-bond donors (Lipinski definition) is 1. The van der Waals surface area contributed by atoms with Gasteiger partial charge >= 0.3 is 0 Å². The maximum absolute atomic E-state index is 13.1. The number of carbonyl (C=O) groups excluding carboxylic acids is 1. The van der Waals surface area contributed by atoms with Gasteiger partial charge in [-0.3, -0.25) is 4.79 Å². The Labute approximate surface area is 123 Å². The van der Waals surface area contributed by atoms with Crippen molar-refractivity contribution in [3.63, 3.8) is 0 Å². The molecule has 2 atom stereocenters. The van der Waals surface area contributed by atoms with Crippen LogP contribution in [0.15, 0.2) is 0 Å². The molecule has 2 aliphatic rings. The summed E-state index contributed by atoms with van der Waals surface area (Å²) in [5, 5.41) is 0. The van der Waals surface area contributed by atoms with Crippen molar-refractivity contribution in [2.45, 2.75) is 64.0 Å². The molecular weight excluding hydrogens is 250 g/mol. The molecule has 4 heteroatoms. The lowest BCUT2D eigenvalue weighted by molar-refractivity contribution is -0.144. The Morgan fingerprint density at radius 1 is 1.15 bits per heavy atom. The molecule has 2 aliphatic carbocycles. The third-order valence-electron chi connectivity index (χ3n) is 5.33. The molecule has 20 heavy (non-hydrogen) atoms. The first-order valence-electron chi connectivity index (χ1n) is 8.16. The molecule has 0 aromatic carbocycles. The summed E-state index contributed by atoms with van der Waals surface area (Å²) in [4.78, 5) is 17.4. The van der Waals surface area contributed by atoms with E-state index >= 15 is 0 Å². The number of amides is 1. The predicted molar refractivity (Wildman–Crippen MR) is 82.5 cm³/mol. The normalized spacial score (nSPS) is 31.1. The van der Waals surface area contributed by atoms with Gasteiger partial charge in [0.15, 0.2) is 0 Å². The average molecular weight is 281 g/mol. The third-order valence-corrected chi connectivity index (χ3v) is 5.33. The van der Waals surface area contributed by atoms with E-state index in [0.717, 1.165) is 32.4 Å². The highest BCUT2D eigenvalue weighted by Gasteiger charge is 2.46. The van der Waals surface area contributed by atoms with Crippen LogP contribution in [0.4, 0.5) is 0 Å². The van der Waals surface area contributed by atoms with Crippen LogP contribution in [0.25, 0.3) is 0 Å². The van der Waals surface area contributed by atoms with Crippen LogP contribution in [-0.4, -0.2) is 55.0 Å². The second kappa shape index (κ2) is 6.44. The molecule has 0 aromatic heterocycles. The fraction of sp³-hybridized carbons (Fsp3) is 0.938. The molecule has 0 aliphatic heterocycles. The third kappa shape index (κ3) is 3.17. The van der Waals surface area contributed by atoms with Gasteiger partial charge in [0.1, 0.15) is 0 Å². The van der Waals surface area contributed by atoms with Crippen LogP contribution in [0.5, 0.6) is 0 Å². The summed E-state index contributed by atoms with van der Waals surface area (Å²) in [5.74, 6) is 0.316. The highest BCUT2D eigenvalue weighted by Crippen LogP contribution is 2.39. The van der Waals surface area contributed by atoms with E-state index in [2.05, 4.69) is 30.8 Å².